The van der Waals surface area contributed by atoms with Gasteiger partial charge in [-0.1, -0.05) is 18.2 Å². The fourth-order valence-corrected chi connectivity index (χ4v) is 3.72. The number of ether oxygens (including phenoxy) is 2. The second-order valence-corrected chi connectivity index (χ2v) is 7.54. The van der Waals surface area contributed by atoms with E-state index < -0.39 is 0 Å². The predicted molar refractivity (Wildman–Crippen MR) is 139 cm³/mol. The standard InChI is InChI=1S/C24H34N4O2.HI/c1-5-25-24(26-17-19-11-12-22(29-3)23(15-19)30-4)27-18(2)20-9-8-10-21(16-20)28-13-6-7-14-28;/h8-12,15-16,18H,5-7,13-14,17H2,1-4H3,(H2,25,26,27);1H. The molecule has 31 heavy (non-hydrogen) atoms. The number of halogens is 1. The van der Waals surface area contributed by atoms with Crippen molar-refractivity contribution in [3.8, 4) is 11.5 Å². The average molecular weight is 538 g/mol. The summed E-state index contributed by atoms with van der Waals surface area (Å²) in [7, 11) is 3.29. The number of aliphatic imine (C=N–C) groups is 1. The molecule has 0 radical (unpaired) electrons. The molecule has 3 rings (SSSR count). The normalized spacial score (nSPS) is 14.6. The fourth-order valence-electron chi connectivity index (χ4n) is 3.72. The van der Waals surface area contributed by atoms with Gasteiger partial charge in [-0.3, -0.25) is 0 Å². The minimum Gasteiger partial charge on any atom is -0.493 e. The number of nitrogens with zero attached hydrogens (tertiary/aromatic N) is 2. The summed E-state index contributed by atoms with van der Waals surface area (Å²) in [6.07, 6.45) is 2.57. The molecule has 2 aromatic rings. The minimum absolute atomic E-state index is 0. The van der Waals surface area contributed by atoms with E-state index >= 15 is 0 Å². The van der Waals surface area contributed by atoms with Gasteiger partial charge in [0, 0.05) is 25.3 Å². The number of hydrogen-bond donors (Lipinski definition) is 2. The first-order valence-corrected chi connectivity index (χ1v) is 10.7. The summed E-state index contributed by atoms with van der Waals surface area (Å²) < 4.78 is 10.7. The first-order valence-electron chi connectivity index (χ1n) is 10.7. The third-order valence-electron chi connectivity index (χ3n) is 5.41. The van der Waals surface area contributed by atoms with Crippen LogP contribution in [0.15, 0.2) is 47.5 Å². The molecule has 1 heterocycles. The Morgan fingerprint density at radius 2 is 1.81 bits per heavy atom. The Morgan fingerprint density at radius 3 is 2.48 bits per heavy atom. The molecular weight excluding hydrogens is 503 g/mol. The number of anilines is 1. The summed E-state index contributed by atoms with van der Waals surface area (Å²) >= 11 is 0. The molecule has 0 aliphatic carbocycles. The van der Waals surface area contributed by atoms with Gasteiger partial charge in [0.15, 0.2) is 17.5 Å². The van der Waals surface area contributed by atoms with Crippen LogP contribution in [0.5, 0.6) is 11.5 Å². The van der Waals surface area contributed by atoms with Crippen molar-refractivity contribution in [1.82, 2.24) is 10.6 Å². The smallest absolute Gasteiger partial charge is 0.192 e. The van der Waals surface area contributed by atoms with Crippen LogP contribution in [0.2, 0.25) is 0 Å². The Bertz CT molecular complexity index is 853. The van der Waals surface area contributed by atoms with Crippen molar-refractivity contribution in [2.75, 3.05) is 38.8 Å². The summed E-state index contributed by atoms with van der Waals surface area (Å²) in [6, 6.07) is 14.9. The second-order valence-electron chi connectivity index (χ2n) is 7.54. The number of guanidine groups is 1. The SMILES string of the molecule is CCNC(=NCc1ccc(OC)c(OC)c1)NC(C)c1cccc(N2CCCC2)c1.I. The Morgan fingerprint density at radius 1 is 1.06 bits per heavy atom. The lowest BCUT2D eigenvalue weighted by Gasteiger charge is -2.22. The van der Waals surface area contributed by atoms with Crippen LogP contribution in [0, 0.1) is 0 Å². The van der Waals surface area contributed by atoms with Gasteiger partial charge in [-0.05, 0) is 62.1 Å². The molecule has 6 nitrogen and oxygen atoms in total. The Kier molecular flexibility index (Phi) is 10.2. The largest absolute Gasteiger partial charge is 0.493 e. The fraction of sp³-hybridized carbons (Fsp3) is 0.458. The van der Waals surface area contributed by atoms with Crippen molar-refractivity contribution < 1.29 is 9.47 Å². The van der Waals surface area contributed by atoms with E-state index in [0.717, 1.165) is 42.7 Å². The van der Waals surface area contributed by atoms with Crippen molar-refractivity contribution in [3.63, 3.8) is 0 Å². The molecule has 2 N–H and O–H groups in total. The molecule has 2 aromatic carbocycles. The molecule has 7 heteroatoms. The Hall–Kier alpha value is -2.16. The highest BCUT2D eigenvalue weighted by atomic mass is 127. The number of nitrogens with one attached hydrogen (secondary N) is 2. The maximum Gasteiger partial charge on any atom is 0.192 e. The van der Waals surface area contributed by atoms with Crippen molar-refractivity contribution in [3.05, 3.63) is 53.6 Å². The number of rotatable bonds is 8. The maximum atomic E-state index is 5.40. The average Bonchev–Trinajstić information content (AvgIpc) is 3.32. The topological polar surface area (TPSA) is 58.1 Å². The third kappa shape index (κ3) is 6.92. The van der Waals surface area contributed by atoms with Crippen LogP contribution in [0.4, 0.5) is 5.69 Å². The summed E-state index contributed by atoms with van der Waals surface area (Å²) in [5.41, 5.74) is 3.63. The maximum absolute atomic E-state index is 5.40. The quantitative estimate of drug-likeness (QED) is 0.289. The summed E-state index contributed by atoms with van der Waals surface area (Å²) in [4.78, 5) is 7.23. The van der Waals surface area contributed by atoms with E-state index in [1.807, 2.05) is 18.2 Å². The molecule has 1 aliphatic rings. The second kappa shape index (κ2) is 12.6. The highest BCUT2D eigenvalue weighted by molar-refractivity contribution is 14.0. The molecule has 0 saturated carbocycles. The number of benzene rings is 2. The summed E-state index contributed by atoms with van der Waals surface area (Å²) in [5.74, 6) is 2.24. The van der Waals surface area contributed by atoms with Gasteiger partial charge in [0.05, 0.1) is 26.8 Å². The molecule has 0 spiro atoms. The van der Waals surface area contributed by atoms with E-state index in [1.54, 1.807) is 14.2 Å². The third-order valence-corrected chi connectivity index (χ3v) is 5.41. The zero-order chi connectivity index (χ0) is 21.3. The van der Waals surface area contributed by atoms with Crippen LogP contribution < -0.4 is 25.0 Å². The predicted octanol–water partition coefficient (Wildman–Crippen LogP) is 4.74. The van der Waals surface area contributed by atoms with E-state index in [-0.39, 0.29) is 30.0 Å². The van der Waals surface area contributed by atoms with E-state index in [1.165, 1.54) is 24.1 Å². The van der Waals surface area contributed by atoms with Crippen LogP contribution in [-0.2, 0) is 6.54 Å². The van der Waals surface area contributed by atoms with E-state index in [2.05, 4.69) is 53.6 Å². The number of methoxy groups -OCH3 is 2. The molecule has 1 saturated heterocycles. The van der Waals surface area contributed by atoms with Crippen molar-refractivity contribution in [2.24, 2.45) is 4.99 Å². The van der Waals surface area contributed by atoms with Crippen LogP contribution in [0.1, 0.15) is 43.9 Å². The van der Waals surface area contributed by atoms with Gasteiger partial charge in [0.2, 0.25) is 0 Å². The zero-order valence-corrected chi connectivity index (χ0v) is 21.3. The lowest BCUT2D eigenvalue weighted by atomic mass is 10.1. The van der Waals surface area contributed by atoms with Gasteiger partial charge in [-0.15, -0.1) is 24.0 Å². The minimum atomic E-state index is 0. The first-order chi connectivity index (χ1) is 14.6. The lowest BCUT2D eigenvalue weighted by Crippen LogP contribution is -2.38. The molecule has 1 unspecified atom stereocenters. The summed E-state index contributed by atoms with van der Waals surface area (Å²) in [5, 5.41) is 6.88. The van der Waals surface area contributed by atoms with Gasteiger partial charge in [-0.25, -0.2) is 4.99 Å². The highest BCUT2D eigenvalue weighted by Crippen LogP contribution is 2.28. The molecular formula is C24H35IN4O2. The first kappa shape index (κ1) is 25.1. The molecule has 0 aromatic heterocycles. The Balaban J connectivity index is 0.00000341. The molecule has 1 atom stereocenters. The highest BCUT2D eigenvalue weighted by Gasteiger charge is 2.14. The van der Waals surface area contributed by atoms with Crippen molar-refractivity contribution in [1.29, 1.82) is 0 Å². The molecule has 1 fully saturated rings. The summed E-state index contributed by atoms with van der Waals surface area (Å²) in [6.45, 7) is 7.91. The lowest BCUT2D eigenvalue weighted by molar-refractivity contribution is 0.354. The van der Waals surface area contributed by atoms with Gasteiger partial charge in [-0.2, -0.15) is 0 Å². The van der Waals surface area contributed by atoms with Crippen LogP contribution in [-0.4, -0.2) is 39.8 Å². The van der Waals surface area contributed by atoms with Gasteiger partial charge >= 0.3 is 0 Å². The molecule has 0 amide bonds. The van der Waals surface area contributed by atoms with E-state index in [0.29, 0.717) is 6.54 Å². The van der Waals surface area contributed by atoms with Crippen molar-refractivity contribution in [2.45, 2.75) is 39.3 Å². The van der Waals surface area contributed by atoms with Gasteiger partial charge in [0.25, 0.3) is 0 Å². The monoisotopic (exact) mass is 538 g/mol. The van der Waals surface area contributed by atoms with E-state index in [4.69, 9.17) is 14.5 Å². The number of hydrogen-bond acceptors (Lipinski definition) is 4. The molecule has 1 aliphatic heterocycles. The van der Waals surface area contributed by atoms with Gasteiger partial charge < -0.3 is 25.0 Å². The van der Waals surface area contributed by atoms with Crippen LogP contribution in [0.3, 0.4) is 0 Å². The molecule has 0 bridgehead atoms. The Labute approximate surface area is 203 Å². The van der Waals surface area contributed by atoms with Crippen LogP contribution in [0.25, 0.3) is 0 Å². The zero-order valence-electron chi connectivity index (χ0n) is 19.0. The van der Waals surface area contributed by atoms with Crippen LogP contribution >= 0.6 is 24.0 Å². The van der Waals surface area contributed by atoms with E-state index in [9.17, 15) is 0 Å². The van der Waals surface area contributed by atoms with Crippen molar-refractivity contribution >= 4 is 35.6 Å². The molecule has 170 valence electrons. The van der Waals surface area contributed by atoms with Gasteiger partial charge in [0.1, 0.15) is 0 Å².